The highest BCUT2D eigenvalue weighted by Gasteiger charge is 2.19. The quantitative estimate of drug-likeness (QED) is 0.156. The van der Waals surface area contributed by atoms with E-state index < -0.39 is 0 Å². The highest BCUT2D eigenvalue weighted by molar-refractivity contribution is 5.96. The van der Waals surface area contributed by atoms with Crippen LogP contribution < -0.4 is 0 Å². The molecule has 0 unspecified atom stereocenters. The van der Waals surface area contributed by atoms with Crippen LogP contribution in [0.5, 0.6) is 0 Å². The van der Waals surface area contributed by atoms with Gasteiger partial charge < -0.3 is 9.30 Å². The topological polar surface area (TPSA) is 43.6 Å². The van der Waals surface area contributed by atoms with Crippen LogP contribution in [-0.2, 0) is 4.74 Å². The minimum absolute atomic E-state index is 0.323. The number of aliphatic imine (C=N–C) groups is 1. The van der Waals surface area contributed by atoms with E-state index in [0.29, 0.717) is 12.2 Å². The van der Waals surface area contributed by atoms with E-state index in [1.165, 1.54) is 5.39 Å². The van der Waals surface area contributed by atoms with Gasteiger partial charge in [0.1, 0.15) is 0 Å². The van der Waals surface area contributed by atoms with Crippen LogP contribution in [0.25, 0.3) is 39.0 Å². The third-order valence-corrected chi connectivity index (χ3v) is 6.87. The highest BCUT2D eigenvalue weighted by Crippen LogP contribution is 2.36. The molecule has 0 fully saturated rings. The lowest BCUT2D eigenvalue weighted by Crippen LogP contribution is -2.05. The van der Waals surface area contributed by atoms with Crippen LogP contribution in [-0.4, -0.2) is 23.4 Å². The Kier molecular flexibility index (Phi) is 7.06. The standard InChI is InChI=1S/C36H28N2O2/c1-2-40-36(39)29-18-21-33(22-19-29)38-34(27-12-5-3-6-13-27)24-31(35(38)28-14-7-4-8-15-28)25-37-32-20-17-26-11-9-10-16-30(26)23-32/h3-25H,2H2,1H3. The van der Waals surface area contributed by atoms with E-state index in [0.717, 1.165) is 44.8 Å². The van der Waals surface area contributed by atoms with Gasteiger partial charge in [-0.15, -0.1) is 0 Å². The lowest BCUT2D eigenvalue weighted by atomic mass is 10.1. The summed E-state index contributed by atoms with van der Waals surface area (Å²) in [6, 6.07) is 45.0. The van der Waals surface area contributed by atoms with E-state index in [9.17, 15) is 4.79 Å². The van der Waals surface area contributed by atoms with Crippen molar-refractivity contribution in [1.82, 2.24) is 4.57 Å². The zero-order chi connectivity index (χ0) is 27.3. The first-order valence-corrected chi connectivity index (χ1v) is 13.4. The molecule has 5 aromatic carbocycles. The summed E-state index contributed by atoms with van der Waals surface area (Å²) in [6.07, 6.45) is 1.95. The Bertz CT molecular complexity index is 1800. The van der Waals surface area contributed by atoms with Gasteiger partial charge in [0.05, 0.1) is 29.2 Å². The second kappa shape index (κ2) is 11.3. The van der Waals surface area contributed by atoms with Crippen molar-refractivity contribution in [3.05, 3.63) is 145 Å². The predicted octanol–water partition coefficient (Wildman–Crippen LogP) is 8.89. The average molecular weight is 521 g/mol. The number of nitrogens with zero attached hydrogens (tertiary/aromatic N) is 2. The van der Waals surface area contributed by atoms with Crippen molar-refractivity contribution in [2.75, 3.05) is 6.61 Å². The van der Waals surface area contributed by atoms with Crippen LogP contribution in [0, 0.1) is 0 Å². The summed E-state index contributed by atoms with van der Waals surface area (Å²) in [5.74, 6) is -0.323. The molecule has 0 radical (unpaired) electrons. The molecule has 0 aliphatic carbocycles. The summed E-state index contributed by atoms with van der Waals surface area (Å²) in [5, 5.41) is 2.35. The molecular formula is C36H28N2O2. The Morgan fingerprint density at radius 3 is 2.08 bits per heavy atom. The first-order chi connectivity index (χ1) is 19.7. The van der Waals surface area contributed by atoms with Gasteiger partial charge in [-0.1, -0.05) is 91.0 Å². The van der Waals surface area contributed by atoms with Gasteiger partial charge in [0, 0.05) is 17.5 Å². The smallest absolute Gasteiger partial charge is 0.338 e. The molecule has 0 aliphatic rings. The zero-order valence-corrected chi connectivity index (χ0v) is 22.2. The van der Waals surface area contributed by atoms with E-state index in [4.69, 9.17) is 9.73 Å². The molecule has 0 bridgehead atoms. The maximum atomic E-state index is 12.3. The fourth-order valence-electron chi connectivity index (χ4n) is 4.97. The molecule has 1 heterocycles. The van der Waals surface area contributed by atoms with Crippen LogP contribution in [0.3, 0.4) is 0 Å². The molecule has 1 aromatic heterocycles. The van der Waals surface area contributed by atoms with Crippen molar-refractivity contribution in [1.29, 1.82) is 0 Å². The Hall–Kier alpha value is -5.22. The average Bonchev–Trinajstić information content (AvgIpc) is 3.40. The van der Waals surface area contributed by atoms with Gasteiger partial charge in [0.25, 0.3) is 0 Å². The van der Waals surface area contributed by atoms with Crippen molar-refractivity contribution >= 4 is 28.6 Å². The first-order valence-electron chi connectivity index (χ1n) is 13.4. The maximum absolute atomic E-state index is 12.3. The molecule has 0 saturated carbocycles. The number of hydrogen-bond donors (Lipinski definition) is 0. The van der Waals surface area contributed by atoms with E-state index in [1.807, 2.05) is 92.0 Å². The second-order valence-electron chi connectivity index (χ2n) is 9.46. The van der Waals surface area contributed by atoms with Gasteiger partial charge in [-0.25, -0.2) is 4.79 Å². The fraction of sp³-hybridized carbons (Fsp3) is 0.0556. The Balaban J connectivity index is 1.53. The van der Waals surface area contributed by atoms with E-state index in [-0.39, 0.29) is 5.97 Å². The molecule has 4 heteroatoms. The molecular weight excluding hydrogens is 492 g/mol. The van der Waals surface area contributed by atoms with Gasteiger partial charge in [-0.3, -0.25) is 4.99 Å². The Morgan fingerprint density at radius 1 is 0.725 bits per heavy atom. The third kappa shape index (κ3) is 5.07. The Labute approximate surface area is 233 Å². The van der Waals surface area contributed by atoms with Crippen LogP contribution in [0.15, 0.2) is 138 Å². The molecule has 6 aromatic rings. The summed E-state index contributed by atoms with van der Waals surface area (Å²) in [7, 11) is 0. The molecule has 0 aliphatic heterocycles. The number of carbonyl (C=O) groups excluding carboxylic acids is 1. The van der Waals surface area contributed by atoms with Gasteiger partial charge in [-0.2, -0.15) is 0 Å². The number of hydrogen-bond acceptors (Lipinski definition) is 3. The maximum Gasteiger partial charge on any atom is 0.338 e. The highest BCUT2D eigenvalue weighted by atomic mass is 16.5. The van der Waals surface area contributed by atoms with Crippen LogP contribution in [0.1, 0.15) is 22.8 Å². The number of carbonyl (C=O) groups is 1. The van der Waals surface area contributed by atoms with E-state index in [1.54, 1.807) is 0 Å². The van der Waals surface area contributed by atoms with E-state index in [2.05, 4.69) is 59.2 Å². The summed E-state index contributed by atoms with van der Waals surface area (Å²) >= 11 is 0. The van der Waals surface area contributed by atoms with Gasteiger partial charge in [0.15, 0.2) is 0 Å². The number of aromatic nitrogens is 1. The summed E-state index contributed by atoms with van der Waals surface area (Å²) in [4.78, 5) is 17.2. The summed E-state index contributed by atoms with van der Waals surface area (Å²) < 4.78 is 7.44. The third-order valence-electron chi connectivity index (χ3n) is 6.87. The number of esters is 1. The molecule has 4 nitrogen and oxygen atoms in total. The minimum atomic E-state index is -0.323. The number of fused-ring (bicyclic) bond motifs is 1. The van der Waals surface area contributed by atoms with Gasteiger partial charge >= 0.3 is 5.97 Å². The number of benzene rings is 5. The molecule has 0 amide bonds. The lowest BCUT2D eigenvalue weighted by molar-refractivity contribution is 0.0526. The van der Waals surface area contributed by atoms with Gasteiger partial charge in [-0.05, 0) is 71.3 Å². The largest absolute Gasteiger partial charge is 0.462 e. The SMILES string of the molecule is CCOC(=O)c1ccc(-n2c(-c3ccccc3)cc(C=Nc3ccc4ccccc4c3)c2-c2ccccc2)cc1. The fourth-order valence-corrected chi connectivity index (χ4v) is 4.97. The minimum Gasteiger partial charge on any atom is -0.462 e. The molecule has 0 saturated heterocycles. The molecule has 0 N–H and O–H groups in total. The lowest BCUT2D eigenvalue weighted by Gasteiger charge is -2.15. The Morgan fingerprint density at radius 2 is 1.38 bits per heavy atom. The number of ether oxygens (including phenoxy) is 1. The monoisotopic (exact) mass is 520 g/mol. The molecule has 40 heavy (non-hydrogen) atoms. The van der Waals surface area contributed by atoms with Crippen LogP contribution >= 0.6 is 0 Å². The van der Waals surface area contributed by atoms with E-state index >= 15 is 0 Å². The normalized spacial score (nSPS) is 11.2. The molecule has 0 atom stereocenters. The van der Waals surface area contributed by atoms with Crippen molar-refractivity contribution in [2.45, 2.75) is 6.92 Å². The van der Waals surface area contributed by atoms with Crippen LogP contribution in [0.4, 0.5) is 5.69 Å². The first kappa shape index (κ1) is 25.1. The second-order valence-corrected chi connectivity index (χ2v) is 9.46. The van der Waals surface area contributed by atoms with Crippen molar-refractivity contribution in [3.63, 3.8) is 0 Å². The molecule has 6 rings (SSSR count). The molecule has 194 valence electrons. The van der Waals surface area contributed by atoms with Crippen LogP contribution in [0.2, 0.25) is 0 Å². The summed E-state index contributed by atoms with van der Waals surface area (Å²) in [6.45, 7) is 2.15. The summed E-state index contributed by atoms with van der Waals surface area (Å²) in [5.41, 5.74) is 7.56. The van der Waals surface area contributed by atoms with Crippen molar-refractivity contribution in [2.24, 2.45) is 4.99 Å². The zero-order valence-electron chi connectivity index (χ0n) is 22.2. The van der Waals surface area contributed by atoms with Gasteiger partial charge in [0.2, 0.25) is 0 Å². The number of rotatable bonds is 7. The van der Waals surface area contributed by atoms with Crippen molar-refractivity contribution < 1.29 is 9.53 Å². The predicted molar refractivity (Wildman–Crippen MR) is 164 cm³/mol. The van der Waals surface area contributed by atoms with Crippen molar-refractivity contribution in [3.8, 4) is 28.2 Å². The molecule has 0 spiro atoms.